The molecule has 2 heterocycles. The van der Waals surface area contributed by atoms with E-state index in [9.17, 15) is 9.59 Å². The van der Waals surface area contributed by atoms with Gasteiger partial charge in [-0.1, -0.05) is 24.3 Å². The number of nitrogens with zero attached hydrogens (tertiary/aromatic N) is 3. The van der Waals surface area contributed by atoms with Crippen LogP contribution in [0.5, 0.6) is 0 Å². The summed E-state index contributed by atoms with van der Waals surface area (Å²) >= 11 is 0. The van der Waals surface area contributed by atoms with Gasteiger partial charge in [-0.25, -0.2) is 9.69 Å². The predicted molar refractivity (Wildman–Crippen MR) is 125 cm³/mol. The van der Waals surface area contributed by atoms with Crippen LogP contribution in [0, 0.1) is 0 Å². The van der Waals surface area contributed by atoms with E-state index in [4.69, 9.17) is 4.74 Å². The van der Waals surface area contributed by atoms with Gasteiger partial charge in [0.2, 0.25) is 0 Å². The normalized spacial score (nSPS) is 16.6. The van der Waals surface area contributed by atoms with Crippen molar-refractivity contribution in [2.24, 2.45) is 0 Å². The number of ketones is 1. The van der Waals surface area contributed by atoms with Gasteiger partial charge in [0.15, 0.2) is 5.78 Å². The molecule has 3 aromatic carbocycles. The summed E-state index contributed by atoms with van der Waals surface area (Å²) in [5, 5.41) is 7.45. The molecule has 0 bridgehead atoms. The number of morpholine rings is 1. The van der Waals surface area contributed by atoms with Crippen LogP contribution in [-0.2, 0) is 4.74 Å². The van der Waals surface area contributed by atoms with E-state index in [0.717, 1.165) is 22.2 Å². The van der Waals surface area contributed by atoms with Crippen molar-refractivity contribution in [1.29, 1.82) is 0 Å². The average Bonchev–Trinajstić information content (AvgIpc) is 3.28. The van der Waals surface area contributed by atoms with Crippen molar-refractivity contribution in [3.05, 3.63) is 95.7 Å². The number of amides is 1. The molecule has 33 heavy (non-hydrogen) atoms. The number of rotatable bonds is 5. The lowest BCUT2D eigenvalue weighted by atomic mass is 10.1. The van der Waals surface area contributed by atoms with Gasteiger partial charge in [0.1, 0.15) is 0 Å². The van der Waals surface area contributed by atoms with Crippen LogP contribution in [0.25, 0.3) is 16.6 Å². The number of fused-ring (bicyclic) bond motifs is 1. The summed E-state index contributed by atoms with van der Waals surface area (Å²) in [5.41, 5.74) is 7.19. The number of hydrogen-bond acceptors (Lipinski definition) is 5. The van der Waals surface area contributed by atoms with E-state index < -0.39 is 0 Å². The number of carbonyl (C=O) groups is 2. The highest BCUT2D eigenvalue weighted by Crippen LogP contribution is 2.27. The molecule has 1 aromatic heterocycles. The van der Waals surface area contributed by atoms with Crippen molar-refractivity contribution in [2.75, 3.05) is 19.7 Å². The molecule has 0 spiro atoms. The number of Topliss-reactive ketones (excluding diaryl/α,β-unsaturated/α-hetero) is 1. The molecule has 1 fully saturated rings. The molecular weight excluding hydrogens is 416 g/mol. The molecule has 1 N–H and O–H groups in total. The Bertz CT molecular complexity index is 1300. The minimum atomic E-state index is -0.155. The molecule has 1 aliphatic rings. The molecule has 1 saturated heterocycles. The number of aromatic nitrogens is 2. The van der Waals surface area contributed by atoms with E-state index in [1.165, 1.54) is 0 Å². The third kappa shape index (κ3) is 4.41. The van der Waals surface area contributed by atoms with Crippen LogP contribution in [0.4, 0.5) is 0 Å². The summed E-state index contributed by atoms with van der Waals surface area (Å²) in [6.07, 6.45) is 1.67. The second-order valence-corrected chi connectivity index (χ2v) is 8.09. The summed E-state index contributed by atoms with van der Waals surface area (Å²) in [5.74, 6) is -0.0817. The lowest BCUT2D eigenvalue weighted by Gasteiger charge is -2.33. The van der Waals surface area contributed by atoms with E-state index in [1.54, 1.807) is 19.1 Å². The SMILES string of the molecule is CC(=O)c1ccc(-n2ncc3cc(C4CN(NC(=O)c5ccccc5)CCO4)ccc32)cc1. The van der Waals surface area contributed by atoms with Gasteiger partial charge in [0.05, 0.1) is 30.1 Å². The number of hydrogen-bond donors (Lipinski definition) is 1. The largest absolute Gasteiger partial charge is 0.371 e. The van der Waals surface area contributed by atoms with E-state index in [2.05, 4.69) is 16.6 Å². The van der Waals surface area contributed by atoms with Gasteiger partial charge in [-0.2, -0.15) is 5.10 Å². The molecule has 7 nitrogen and oxygen atoms in total. The lowest BCUT2D eigenvalue weighted by Crippen LogP contribution is -2.49. The van der Waals surface area contributed by atoms with Crippen LogP contribution in [-0.4, -0.2) is 46.2 Å². The maximum absolute atomic E-state index is 12.5. The Morgan fingerprint density at radius 1 is 1.00 bits per heavy atom. The van der Waals surface area contributed by atoms with Gasteiger partial charge in [0, 0.05) is 29.6 Å². The number of ether oxygens (including phenoxy) is 1. The number of hydrazine groups is 1. The Labute approximate surface area is 191 Å². The van der Waals surface area contributed by atoms with E-state index in [1.807, 2.05) is 70.5 Å². The van der Waals surface area contributed by atoms with Gasteiger partial charge < -0.3 is 4.74 Å². The molecule has 1 aliphatic heterocycles. The van der Waals surface area contributed by atoms with Crippen molar-refractivity contribution in [3.8, 4) is 5.69 Å². The first-order valence-electron chi connectivity index (χ1n) is 10.9. The van der Waals surface area contributed by atoms with Crippen molar-refractivity contribution in [1.82, 2.24) is 20.2 Å². The first-order chi connectivity index (χ1) is 16.1. The Hall–Kier alpha value is -3.81. The Kier molecular flexibility index (Phi) is 5.73. The molecule has 1 amide bonds. The van der Waals surface area contributed by atoms with Crippen LogP contribution >= 0.6 is 0 Å². The van der Waals surface area contributed by atoms with Gasteiger partial charge in [-0.05, 0) is 61.0 Å². The van der Waals surface area contributed by atoms with Gasteiger partial charge in [-0.15, -0.1) is 0 Å². The standard InChI is InChI=1S/C26H24N4O3/c1-18(31)19-7-10-23(11-8-19)30-24-12-9-21(15-22(24)16-27-30)25-17-29(13-14-33-25)28-26(32)20-5-3-2-4-6-20/h2-12,15-16,25H,13-14,17H2,1H3,(H,28,32). The maximum atomic E-state index is 12.5. The van der Waals surface area contributed by atoms with Gasteiger partial charge in [-0.3, -0.25) is 15.0 Å². The third-order valence-corrected chi connectivity index (χ3v) is 5.84. The minimum absolute atomic E-state index is 0.0398. The minimum Gasteiger partial charge on any atom is -0.371 e. The van der Waals surface area contributed by atoms with Crippen LogP contribution < -0.4 is 5.43 Å². The Balaban J connectivity index is 1.32. The average molecular weight is 441 g/mol. The zero-order valence-electron chi connectivity index (χ0n) is 18.3. The maximum Gasteiger partial charge on any atom is 0.265 e. The highest BCUT2D eigenvalue weighted by atomic mass is 16.5. The topological polar surface area (TPSA) is 76.5 Å². The lowest BCUT2D eigenvalue weighted by molar-refractivity contribution is -0.0449. The van der Waals surface area contributed by atoms with Crippen molar-refractivity contribution >= 4 is 22.6 Å². The molecule has 1 unspecified atom stereocenters. The van der Waals surface area contributed by atoms with Gasteiger partial charge in [0.25, 0.3) is 5.91 Å². The van der Waals surface area contributed by atoms with Crippen molar-refractivity contribution in [2.45, 2.75) is 13.0 Å². The predicted octanol–water partition coefficient (Wildman–Crippen LogP) is 3.95. The number of nitrogens with one attached hydrogen (secondary N) is 1. The molecule has 166 valence electrons. The van der Waals surface area contributed by atoms with Crippen LogP contribution in [0.3, 0.4) is 0 Å². The smallest absolute Gasteiger partial charge is 0.265 e. The summed E-state index contributed by atoms with van der Waals surface area (Å²) in [6, 6.07) is 22.8. The molecule has 7 heteroatoms. The van der Waals surface area contributed by atoms with E-state index in [-0.39, 0.29) is 17.8 Å². The molecular formula is C26H24N4O3. The number of benzene rings is 3. The first-order valence-corrected chi connectivity index (χ1v) is 10.9. The van der Waals surface area contributed by atoms with Crippen molar-refractivity contribution < 1.29 is 14.3 Å². The fourth-order valence-corrected chi connectivity index (χ4v) is 4.04. The number of carbonyl (C=O) groups excluding carboxylic acids is 2. The molecule has 0 radical (unpaired) electrons. The quantitative estimate of drug-likeness (QED) is 0.476. The first kappa shape index (κ1) is 21.1. The van der Waals surface area contributed by atoms with Crippen LogP contribution in [0.2, 0.25) is 0 Å². The van der Waals surface area contributed by atoms with E-state index >= 15 is 0 Å². The summed E-state index contributed by atoms with van der Waals surface area (Å²) < 4.78 is 7.86. The van der Waals surface area contributed by atoms with Crippen LogP contribution in [0.1, 0.15) is 39.3 Å². The summed E-state index contributed by atoms with van der Waals surface area (Å²) in [6.45, 7) is 3.27. The van der Waals surface area contributed by atoms with Crippen LogP contribution in [0.15, 0.2) is 79.0 Å². The fourth-order valence-electron chi connectivity index (χ4n) is 4.04. The fraction of sp³-hybridized carbons (Fsp3) is 0.192. The zero-order chi connectivity index (χ0) is 22.8. The molecule has 5 rings (SSSR count). The highest BCUT2D eigenvalue weighted by Gasteiger charge is 2.24. The molecule has 0 saturated carbocycles. The monoisotopic (exact) mass is 440 g/mol. The second-order valence-electron chi connectivity index (χ2n) is 8.09. The van der Waals surface area contributed by atoms with Gasteiger partial charge >= 0.3 is 0 Å². The zero-order valence-corrected chi connectivity index (χ0v) is 18.3. The Morgan fingerprint density at radius 2 is 1.79 bits per heavy atom. The highest BCUT2D eigenvalue weighted by molar-refractivity contribution is 5.94. The Morgan fingerprint density at radius 3 is 2.55 bits per heavy atom. The van der Waals surface area contributed by atoms with Crippen molar-refractivity contribution in [3.63, 3.8) is 0 Å². The summed E-state index contributed by atoms with van der Waals surface area (Å²) in [7, 11) is 0. The van der Waals surface area contributed by atoms with E-state index in [0.29, 0.717) is 30.8 Å². The second kappa shape index (κ2) is 8.97. The summed E-state index contributed by atoms with van der Waals surface area (Å²) in [4.78, 5) is 24.0. The third-order valence-electron chi connectivity index (χ3n) is 5.84. The molecule has 0 aliphatic carbocycles. The molecule has 4 aromatic rings. The molecule has 1 atom stereocenters.